The number of aliphatic hydroxyl groups excluding tert-OH is 1. The Morgan fingerprint density at radius 2 is 1.61 bits per heavy atom. The lowest BCUT2D eigenvalue weighted by Gasteiger charge is -2.39. The van der Waals surface area contributed by atoms with Crippen molar-refractivity contribution in [2.24, 2.45) is 0 Å². The number of hydrogen-bond acceptors (Lipinski definition) is 5. The number of amides is 2. The number of ether oxygens (including phenoxy) is 2. The molecule has 0 bridgehead atoms. The van der Waals surface area contributed by atoms with Crippen LogP contribution >= 0.6 is 0 Å². The quantitative estimate of drug-likeness (QED) is 0.343. The highest BCUT2D eigenvalue weighted by molar-refractivity contribution is 5.73. The van der Waals surface area contributed by atoms with E-state index >= 15 is 0 Å². The van der Waals surface area contributed by atoms with E-state index in [0.717, 1.165) is 35.2 Å². The molecule has 3 N–H and O–H groups in total. The second-order valence-corrected chi connectivity index (χ2v) is 9.83. The van der Waals surface area contributed by atoms with E-state index in [1.54, 1.807) is 0 Å². The molecule has 3 aromatic rings. The normalized spacial score (nSPS) is 20.2. The second-order valence-electron chi connectivity index (χ2n) is 9.83. The van der Waals surface area contributed by atoms with Crippen molar-refractivity contribution in [3.8, 4) is 0 Å². The maximum absolute atomic E-state index is 11.7. The van der Waals surface area contributed by atoms with Crippen LogP contribution in [0.5, 0.6) is 0 Å². The molecule has 4 atom stereocenters. The first-order valence-corrected chi connectivity index (χ1v) is 13.3. The van der Waals surface area contributed by atoms with Gasteiger partial charge in [0, 0.05) is 37.7 Å². The summed E-state index contributed by atoms with van der Waals surface area (Å²) in [6.45, 7) is 5.92. The second kappa shape index (κ2) is 13.5. The molecule has 1 heterocycles. The van der Waals surface area contributed by atoms with Gasteiger partial charge in [-0.15, -0.1) is 0 Å². The third-order valence-corrected chi connectivity index (χ3v) is 7.09. The Morgan fingerprint density at radius 1 is 0.947 bits per heavy atom. The van der Waals surface area contributed by atoms with Gasteiger partial charge in [-0.25, -0.2) is 4.79 Å². The zero-order valence-corrected chi connectivity index (χ0v) is 22.5. The number of carbonyl (C=O) groups is 1. The average Bonchev–Trinajstić information content (AvgIpc) is 2.96. The average molecular weight is 518 g/mol. The summed E-state index contributed by atoms with van der Waals surface area (Å²) in [5.41, 5.74) is 5.16. The first kappa shape index (κ1) is 27.8. The van der Waals surface area contributed by atoms with E-state index in [1.807, 2.05) is 61.5 Å². The lowest BCUT2D eigenvalue weighted by molar-refractivity contribution is -0.253. The Bertz CT molecular complexity index is 1140. The van der Waals surface area contributed by atoms with E-state index in [0.29, 0.717) is 13.1 Å². The Morgan fingerprint density at radius 3 is 2.26 bits per heavy atom. The fourth-order valence-electron chi connectivity index (χ4n) is 4.70. The van der Waals surface area contributed by atoms with Crippen LogP contribution in [0.2, 0.25) is 0 Å². The molecule has 1 saturated heterocycles. The predicted octanol–water partition coefficient (Wildman–Crippen LogP) is 5.24. The Balaban J connectivity index is 1.49. The van der Waals surface area contributed by atoms with Crippen LogP contribution in [0.4, 0.5) is 4.79 Å². The van der Waals surface area contributed by atoms with Crippen molar-refractivity contribution < 1.29 is 19.4 Å². The molecule has 2 amide bonds. The van der Waals surface area contributed by atoms with Crippen molar-refractivity contribution in [1.82, 2.24) is 15.5 Å². The summed E-state index contributed by atoms with van der Waals surface area (Å²) in [6, 6.07) is 26.5. The standard InChI is InChI=1S/C31H39N3O4/c1-4-32-31(36)33-19-23-10-16-27(17-11-23)30-37-28(20-34(3)22(2)25-8-6-5-7-9-25)18-29(38-30)26-14-12-24(21-35)13-15-26/h5-17,22,28-30,35H,4,18-21H2,1-3H3,(H2,32,33,36)/t22-,28+,29-,30-/m0/s1. The monoisotopic (exact) mass is 517 g/mol. The number of nitrogens with one attached hydrogen (secondary N) is 2. The summed E-state index contributed by atoms with van der Waals surface area (Å²) >= 11 is 0. The molecule has 0 radical (unpaired) electrons. The molecule has 1 aliphatic heterocycles. The van der Waals surface area contributed by atoms with Crippen LogP contribution < -0.4 is 10.6 Å². The summed E-state index contributed by atoms with van der Waals surface area (Å²) in [7, 11) is 2.13. The fraction of sp³-hybridized carbons (Fsp3) is 0.387. The number of benzene rings is 3. The van der Waals surface area contributed by atoms with Gasteiger partial charge in [-0.2, -0.15) is 0 Å². The van der Waals surface area contributed by atoms with Crippen molar-refractivity contribution in [2.75, 3.05) is 20.1 Å². The maximum atomic E-state index is 11.7. The van der Waals surface area contributed by atoms with Gasteiger partial charge in [-0.3, -0.25) is 4.90 Å². The molecule has 0 aliphatic carbocycles. The van der Waals surface area contributed by atoms with Gasteiger partial charge in [-0.05, 0) is 43.1 Å². The largest absolute Gasteiger partial charge is 0.392 e. The molecular weight excluding hydrogens is 478 g/mol. The molecule has 4 rings (SSSR count). The van der Waals surface area contributed by atoms with Crippen molar-refractivity contribution in [3.63, 3.8) is 0 Å². The van der Waals surface area contributed by atoms with Crippen LogP contribution in [0.3, 0.4) is 0 Å². The lowest BCUT2D eigenvalue weighted by Crippen LogP contribution is -2.38. The molecule has 0 aromatic heterocycles. The number of nitrogens with zero attached hydrogens (tertiary/aromatic N) is 1. The van der Waals surface area contributed by atoms with Crippen LogP contribution in [-0.2, 0) is 22.6 Å². The van der Waals surface area contributed by atoms with E-state index in [1.165, 1.54) is 5.56 Å². The first-order chi connectivity index (χ1) is 18.5. The minimum Gasteiger partial charge on any atom is -0.392 e. The Hall–Kier alpha value is -3.23. The van der Waals surface area contributed by atoms with Gasteiger partial charge in [0.15, 0.2) is 6.29 Å². The molecule has 7 heteroatoms. The summed E-state index contributed by atoms with van der Waals surface area (Å²) in [5, 5.41) is 15.0. The summed E-state index contributed by atoms with van der Waals surface area (Å²) in [4.78, 5) is 14.0. The number of aliphatic hydroxyl groups is 1. The van der Waals surface area contributed by atoms with E-state index in [9.17, 15) is 9.90 Å². The smallest absolute Gasteiger partial charge is 0.315 e. The zero-order valence-electron chi connectivity index (χ0n) is 22.5. The number of likely N-dealkylation sites (N-methyl/N-ethyl adjacent to an activating group) is 1. The van der Waals surface area contributed by atoms with Crippen LogP contribution in [0.1, 0.15) is 66.5 Å². The van der Waals surface area contributed by atoms with E-state index in [2.05, 4.69) is 53.8 Å². The lowest BCUT2D eigenvalue weighted by atomic mass is 9.99. The number of carbonyl (C=O) groups excluding carboxylic acids is 1. The van der Waals surface area contributed by atoms with Gasteiger partial charge in [0.1, 0.15) is 0 Å². The highest BCUT2D eigenvalue weighted by atomic mass is 16.7. The molecule has 1 aliphatic rings. The number of urea groups is 1. The zero-order chi connectivity index (χ0) is 26.9. The minimum absolute atomic E-state index is 0.0175. The van der Waals surface area contributed by atoms with Gasteiger partial charge in [0.05, 0.1) is 18.8 Å². The third kappa shape index (κ3) is 7.42. The molecular formula is C31H39N3O4. The van der Waals surface area contributed by atoms with Crippen LogP contribution in [-0.4, -0.2) is 42.3 Å². The van der Waals surface area contributed by atoms with Crippen LogP contribution in [0.25, 0.3) is 0 Å². The minimum atomic E-state index is -0.512. The van der Waals surface area contributed by atoms with E-state index < -0.39 is 6.29 Å². The maximum Gasteiger partial charge on any atom is 0.315 e. The number of rotatable bonds is 10. The molecule has 38 heavy (non-hydrogen) atoms. The SMILES string of the molecule is CCNC(=O)NCc1ccc([C@H]2O[C@@H](CN(C)[C@@H](C)c3ccccc3)C[C@@H](c3ccc(CO)cc3)O2)cc1. The van der Waals surface area contributed by atoms with Crippen molar-refractivity contribution in [3.05, 3.63) is 107 Å². The topological polar surface area (TPSA) is 83.1 Å². The highest BCUT2D eigenvalue weighted by Crippen LogP contribution is 2.38. The molecule has 0 spiro atoms. The number of hydrogen-bond donors (Lipinski definition) is 3. The molecule has 0 saturated carbocycles. The van der Waals surface area contributed by atoms with Crippen molar-refractivity contribution in [2.45, 2.75) is 58.0 Å². The van der Waals surface area contributed by atoms with E-state index in [4.69, 9.17) is 9.47 Å². The van der Waals surface area contributed by atoms with Gasteiger partial charge in [0.2, 0.25) is 0 Å². The Kier molecular flexibility index (Phi) is 9.90. The first-order valence-electron chi connectivity index (χ1n) is 13.3. The van der Waals surface area contributed by atoms with Gasteiger partial charge < -0.3 is 25.2 Å². The highest BCUT2D eigenvalue weighted by Gasteiger charge is 2.33. The van der Waals surface area contributed by atoms with E-state index in [-0.39, 0.29) is 30.9 Å². The molecule has 7 nitrogen and oxygen atoms in total. The van der Waals surface area contributed by atoms with Gasteiger partial charge >= 0.3 is 6.03 Å². The Labute approximate surface area is 225 Å². The summed E-state index contributed by atoms with van der Waals surface area (Å²) in [5.74, 6) is 0. The van der Waals surface area contributed by atoms with Gasteiger partial charge in [0.25, 0.3) is 0 Å². The van der Waals surface area contributed by atoms with Gasteiger partial charge in [-0.1, -0.05) is 78.9 Å². The molecule has 0 unspecified atom stereocenters. The summed E-state index contributed by atoms with van der Waals surface area (Å²) in [6.07, 6.45) is 0.0506. The van der Waals surface area contributed by atoms with Crippen LogP contribution in [0.15, 0.2) is 78.9 Å². The summed E-state index contributed by atoms with van der Waals surface area (Å²) < 4.78 is 13.0. The predicted molar refractivity (Wildman–Crippen MR) is 148 cm³/mol. The van der Waals surface area contributed by atoms with Crippen molar-refractivity contribution >= 4 is 6.03 Å². The molecule has 202 valence electrons. The molecule has 1 fully saturated rings. The van der Waals surface area contributed by atoms with Crippen LogP contribution in [0, 0.1) is 0 Å². The molecule has 3 aromatic carbocycles. The fourth-order valence-corrected chi connectivity index (χ4v) is 4.70. The van der Waals surface area contributed by atoms with Crippen molar-refractivity contribution in [1.29, 1.82) is 0 Å². The third-order valence-electron chi connectivity index (χ3n) is 7.09.